The summed E-state index contributed by atoms with van der Waals surface area (Å²) in [7, 11) is 0. The lowest BCUT2D eigenvalue weighted by atomic mass is 9.97. The SMILES string of the molecule is CCCC(C)(C)Nc1ccc([N+](=O)[O-])c2cnc(C)cc12. The van der Waals surface area contributed by atoms with Crippen LogP contribution in [0.2, 0.25) is 0 Å². The number of aromatic nitrogens is 1. The van der Waals surface area contributed by atoms with E-state index in [1.54, 1.807) is 18.3 Å². The van der Waals surface area contributed by atoms with Crippen molar-refractivity contribution in [2.75, 3.05) is 5.32 Å². The third-order valence-electron chi connectivity index (χ3n) is 3.56. The Morgan fingerprint density at radius 1 is 1.33 bits per heavy atom. The van der Waals surface area contributed by atoms with Crippen molar-refractivity contribution < 1.29 is 4.92 Å². The van der Waals surface area contributed by atoms with Crippen LogP contribution in [-0.4, -0.2) is 15.4 Å². The lowest BCUT2D eigenvalue weighted by Gasteiger charge is -2.28. The molecule has 5 heteroatoms. The first-order valence-electron chi connectivity index (χ1n) is 7.16. The molecule has 1 aromatic carbocycles. The van der Waals surface area contributed by atoms with E-state index in [4.69, 9.17) is 0 Å². The van der Waals surface area contributed by atoms with Crippen LogP contribution in [0.4, 0.5) is 11.4 Å². The monoisotopic (exact) mass is 287 g/mol. The van der Waals surface area contributed by atoms with Crippen LogP contribution >= 0.6 is 0 Å². The number of nitrogens with zero attached hydrogens (tertiary/aromatic N) is 2. The van der Waals surface area contributed by atoms with Crippen LogP contribution in [0.3, 0.4) is 0 Å². The normalized spacial score (nSPS) is 11.6. The lowest BCUT2D eigenvalue weighted by molar-refractivity contribution is -0.383. The predicted molar refractivity (Wildman–Crippen MR) is 85.7 cm³/mol. The number of hydrogen-bond acceptors (Lipinski definition) is 4. The third kappa shape index (κ3) is 3.29. The van der Waals surface area contributed by atoms with E-state index in [0.29, 0.717) is 5.39 Å². The van der Waals surface area contributed by atoms with Crippen molar-refractivity contribution in [1.29, 1.82) is 0 Å². The van der Waals surface area contributed by atoms with E-state index >= 15 is 0 Å². The molecule has 1 heterocycles. The first-order valence-corrected chi connectivity index (χ1v) is 7.16. The Hall–Kier alpha value is -2.17. The number of rotatable bonds is 5. The average Bonchev–Trinajstić information content (AvgIpc) is 2.38. The van der Waals surface area contributed by atoms with Crippen LogP contribution in [-0.2, 0) is 0 Å². The van der Waals surface area contributed by atoms with E-state index in [0.717, 1.165) is 29.6 Å². The Kier molecular flexibility index (Phi) is 4.11. The van der Waals surface area contributed by atoms with Crippen molar-refractivity contribution in [3.63, 3.8) is 0 Å². The Morgan fingerprint density at radius 2 is 2.05 bits per heavy atom. The minimum Gasteiger partial charge on any atom is -0.380 e. The molecule has 0 saturated carbocycles. The van der Waals surface area contributed by atoms with Crippen molar-refractivity contribution >= 4 is 22.1 Å². The van der Waals surface area contributed by atoms with Gasteiger partial charge in [-0.15, -0.1) is 0 Å². The van der Waals surface area contributed by atoms with Crippen molar-refractivity contribution in [2.45, 2.75) is 46.1 Å². The van der Waals surface area contributed by atoms with Crippen LogP contribution in [0.25, 0.3) is 10.8 Å². The number of anilines is 1. The number of hydrogen-bond donors (Lipinski definition) is 1. The molecule has 0 amide bonds. The van der Waals surface area contributed by atoms with Crippen LogP contribution in [0.5, 0.6) is 0 Å². The summed E-state index contributed by atoms with van der Waals surface area (Å²) in [6.07, 6.45) is 3.68. The predicted octanol–water partition coefficient (Wildman–Crippen LogP) is 4.44. The summed E-state index contributed by atoms with van der Waals surface area (Å²) >= 11 is 0. The van der Waals surface area contributed by atoms with Gasteiger partial charge in [0, 0.05) is 34.6 Å². The highest BCUT2D eigenvalue weighted by atomic mass is 16.6. The van der Waals surface area contributed by atoms with Gasteiger partial charge in [0.1, 0.15) is 0 Å². The third-order valence-corrected chi connectivity index (χ3v) is 3.56. The number of nitro groups is 1. The molecule has 0 fully saturated rings. The number of benzene rings is 1. The van der Waals surface area contributed by atoms with E-state index < -0.39 is 0 Å². The summed E-state index contributed by atoms with van der Waals surface area (Å²) in [5.74, 6) is 0. The van der Waals surface area contributed by atoms with Gasteiger partial charge in [-0.05, 0) is 39.3 Å². The van der Waals surface area contributed by atoms with Crippen molar-refractivity contribution in [1.82, 2.24) is 4.98 Å². The molecular weight excluding hydrogens is 266 g/mol. The number of aryl methyl sites for hydroxylation is 1. The van der Waals surface area contributed by atoms with Gasteiger partial charge in [0.05, 0.1) is 10.3 Å². The summed E-state index contributed by atoms with van der Waals surface area (Å²) in [5.41, 5.74) is 1.80. The largest absolute Gasteiger partial charge is 0.380 e. The number of nitro benzene ring substituents is 1. The maximum atomic E-state index is 11.2. The molecule has 0 spiro atoms. The van der Waals surface area contributed by atoms with Gasteiger partial charge in [-0.25, -0.2) is 0 Å². The van der Waals surface area contributed by atoms with Gasteiger partial charge < -0.3 is 5.32 Å². The van der Waals surface area contributed by atoms with Crippen molar-refractivity contribution in [2.24, 2.45) is 0 Å². The molecule has 0 radical (unpaired) electrons. The molecule has 0 aliphatic heterocycles. The van der Waals surface area contributed by atoms with E-state index in [1.807, 2.05) is 13.0 Å². The molecule has 112 valence electrons. The van der Waals surface area contributed by atoms with E-state index in [1.165, 1.54) is 0 Å². The van der Waals surface area contributed by atoms with E-state index in [9.17, 15) is 10.1 Å². The smallest absolute Gasteiger partial charge is 0.278 e. The maximum Gasteiger partial charge on any atom is 0.278 e. The minimum absolute atomic E-state index is 0.0605. The molecule has 2 aromatic rings. The average molecular weight is 287 g/mol. The fourth-order valence-electron chi connectivity index (χ4n) is 2.65. The van der Waals surface area contributed by atoms with Crippen LogP contribution < -0.4 is 5.32 Å². The molecule has 1 N–H and O–H groups in total. The second-order valence-electron chi connectivity index (χ2n) is 6.02. The summed E-state index contributed by atoms with van der Waals surface area (Å²) in [6.45, 7) is 8.31. The first kappa shape index (κ1) is 15.2. The van der Waals surface area contributed by atoms with Crippen molar-refractivity contribution in [3.8, 4) is 0 Å². The molecule has 5 nitrogen and oxygen atoms in total. The zero-order valence-corrected chi connectivity index (χ0v) is 12.9. The van der Waals surface area contributed by atoms with Gasteiger partial charge in [0.2, 0.25) is 0 Å². The number of nitrogens with one attached hydrogen (secondary N) is 1. The number of fused-ring (bicyclic) bond motifs is 1. The van der Waals surface area contributed by atoms with E-state index in [2.05, 4.69) is 31.1 Å². The van der Waals surface area contributed by atoms with Crippen LogP contribution in [0, 0.1) is 17.0 Å². The Morgan fingerprint density at radius 3 is 2.67 bits per heavy atom. The van der Waals surface area contributed by atoms with E-state index in [-0.39, 0.29) is 16.1 Å². The van der Waals surface area contributed by atoms with Gasteiger partial charge >= 0.3 is 0 Å². The van der Waals surface area contributed by atoms with Gasteiger partial charge in [0.15, 0.2) is 0 Å². The zero-order chi connectivity index (χ0) is 15.6. The Labute approximate surface area is 124 Å². The lowest BCUT2D eigenvalue weighted by Crippen LogP contribution is -2.30. The van der Waals surface area contributed by atoms with Crippen LogP contribution in [0.1, 0.15) is 39.3 Å². The standard InChI is InChI=1S/C16H21N3O2/c1-5-8-16(3,4)18-14-6-7-15(19(20)21)13-10-17-11(2)9-12(13)14/h6-7,9-10,18H,5,8H2,1-4H3. The van der Waals surface area contributed by atoms with Crippen molar-refractivity contribution in [3.05, 3.63) is 40.2 Å². The quantitative estimate of drug-likeness (QED) is 0.652. The van der Waals surface area contributed by atoms with Gasteiger partial charge in [0.25, 0.3) is 5.69 Å². The molecule has 0 unspecified atom stereocenters. The highest BCUT2D eigenvalue weighted by molar-refractivity contribution is 5.99. The fourth-order valence-corrected chi connectivity index (χ4v) is 2.65. The summed E-state index contributed by atoms with van der Waals surface area (Å²) in [4.78, 5) is 15.0. The van der Waals surface area contributed by atoms with Gasteiger partial charge in [-0.3, -0.25) is 15.1 Å². The molecule has 0 atom stereocenters. The summed E-state index contributed by atoms with van der Waals surface area (Å²) in [5, 5.41) is 16.1. The van der Waals surface area contributed by atoms with Gasteiger partial charge in [-0.2, -0.15) is 0 Å². The second-order valence-corrected chi connectivity index (χ2v) is 6.02. The molecule has 0 aliphatic rings. The van der Waals surface area contributed by atoms with Crippen LogP contribution in [0.15, 0.2) is 24.4 Å². The topological polar surface area (TPSA) is 68.1 Å². The van der Waals surface area contributed by atoms with Gasteiger partial charge in [-0.1, -0.05) is 13.3 Å². The Bertz CT molecular complexity index is 681. The minimum atomic E-state index is -0.361. The second kappa shape index (κ2) is 5.68. The molecule has 1 aromatic heterocycles. The summed E-state index contributed by atoms with van der Waals surface area (Å²) in [6, 6.07) is 5.23. The number of pyridine rings is 1. The molecule has 0 saturated heterocycles. The Balaban J connectivity index is 2.57. The maximum absolute atomic E-state index is 11.2. The zero-order valence-electron chi connectivity index (χ0n) is 12.9. The summed E-state index contributed by atoms with van der Waals surface area (Å²) < 4.78 is 0. The molecular formula is C16H21N3O2. The highest BCUT2D eigenvalue weighted by Gasteiger charge is 2.20. The fraction of sp³-hybridized carbons (Fsp3) is 0.438. The number of non-ortho nitro benzene ring substituents is 1. The highest BCUT2D eigenvalue weighted by Crippen LogP contribution is 2.33. The molecule has 0 bridgehead atoms. The molecule has 21 heavy (non-hydrogen) atoms. The molecule has 0 aliphatic carbocycles. The molecule has 2 rings (SSSR count). The first-order chi connectivity index (χ1) is 9.84.